The van der Waals surface area contributed by atoms with Gasteiger partial charge in [-0.2, -0.15) is 0 Å². The molecule has 0 unspecified atom stereocenters. The quantitative estimate of drug-likeness (QED) is 0.187. The van der Waals surface area contributed by atoms with Crippen molar-refractivity contribution in [2.75, 3.05) is 11.5 Å². The van der Waals surface area contributed by atoms with Crippen LogP contribution in [0.25, 0.3) is 0 Å². The lowest BCUT2D eigenvalue weighted by Crippen LogP contribution is -2.51. The second kappa shape index (κ2) is 8.95. The van der Waals surface area contributed by atoms with Crippen LogP contribution in [0.1, 0.15) is 49.7 Å². The van der Waals surface area contributed by atoms with E-state index >= 15 is 0 Å². The first-order valence-electron chi connectivity index (χ1n) is 12.1. The highest BCUT2D eigenvalue weighted by atomic mass is 127. The molecule has 2 heterocycles. The Labute approximate surface area is 231 Å². The third-order valence-corrected chi connectivity index (χ3v) is 8.07. The number of fused-ring (bicyclic) bond motifs is 3. The Kier molecular flexibility index (Phi) is 5.80. The molecule has 2 saturated heterocycles. The van der Waals surface area contributed by atoms with Gasteiger partial charge in [0, 0.05) is 14.7 Å². The van der Waals surface area contributed by atoms with Crippen LogP contribution >= 0.6 is 22.6 Å². The van der Waals surface area contributed by atoms with Crippen molar-refractivity contribution in [3.63, 3.8) is 0 Å². The van der Waals surface area contributed by atoms with Crippen molar-refractivity contribution < 1.29 is 33.4 Å². The molecule has 38 heavy (non-hydrogen) atoms. The van der Waals surface area contributed by atoms with Gasteiger partial charge in [0.15, 0.2) is 0 Å². The van der Waals surface area contributed by atoms with Gasteiger partial charge in [-0.25, -0.2) is 9.69 Å². The summed E-state index contributed by atoms with van der Waals surface area (Å²) in [5.74, 6) is -5.43. The summed E-state index contributed by atoms with van der Waals surface area (Å²) in [7, 11) is 0. The minimum atomic E-state index is -2.13. The highest BCUT2D eigenvalue weighted by Gasteiger charge is 2.74. The maximum Gasteiger partial charge on any atom is 0.338 e. The van der Waals surface area contributed by atoms with Gasteiger partial charge in [0.1, 0.15) is 0 Å². The second-order valence-corrected chi connectivity index (χ2v) is 10.6. The lowest BCUT2D eigenvalue weighted by Gasteiger charge is -2.27. The molecule has 2 amide bonds. The van der Waals surface area contributed by atoms with Gasteiger partial charge in [-0.3, -0.25) is 19.2 Å². The highest BCUT2D eigenvalue weighted by molar-refractivity contribution is 14.1. The van der Waals surface area contributed by atoms with Gasteiger partial charge in [0.2, 0.25) is 29.0 Å². The summed E-state index contributed by atoms with van der Waals surface area (Å²) in [4.78, 5) is 68.6. The van der Waals surface area contributed by atoms with Crippen molar-refractivity contribution in [1.29, 1.82) is 0 Å². The zero-order valence-corrected chi connectivity index (χ0v) is 22.2. The second-order valence-electron chi connectivity index (χ2n) is 9.31. The number of ether oxygens (including phenoxy) is 2. The predicted molar refractivity (Wildman–Crippen MR) is 143 cm³/mol. The van der Waals surface area contributed by atoms with Crippen molar-refractivity contribution in [2.24, 2.45) is 11.8 Å². The van der Waals surface area contributed by atoms with E-state index in [0.29, 0.717) is 5.56 Å². The Hall–Kier alpha value is -3.70. The number of nitrogens with zero attached hydrogens (tertiary/aromatic N) is 1. The molecule has 3 atom stereocenters. The molecule has 190 valence electrons. The van der Waals surface area contributed by atoms with Gasteiger partial charge in [-0.1, -0.05) is 36.4 Å². The lowest BCUT2D eigenvalue weighted by atomic mass is 9.77. The first kappa shape index (κ1) is 24.6. The third kappa shape index (κ3) is 3.34. The number of carbonyl (C=O) groups excluding carboxylic acids is 5. The first-order valence-corrected chi connectivity index (χ1v) is 13.1. The number of rotatable bonds is 4. The number of halogens is 1. The summed E-state index contributed by atoms with van der Waals surface area (Å²) in [5.41, 5.74) is -0.685. The van der Waals surface area contributed by atoms with Gasteiger partial charge in [0.25, 0.3) is 0 Å². The molecule has 0 radical (unpaired) electrons. The van der Waals surface area contributed by atoms with E-state index in [0.717, 1.165) is 8.47 Å². The van der Waals surface area contributed by atoms with Gasteiger partial charge >= 0.3 is 5.97 Å². The Morgan fingerprint density at radius 1 is 0.895 bits per heavy atom. The molecule has 0 saturated carbocycles. The SMILES string of the molecule is CCOC(=O)c1ccc(N2C(=O)[C@@H]3[C@@H](c4ccc(I)cc4)OC4(C(=O)c5ccccc5C4=O)[C@H]3C2=O)cc1. The first-order chi connectivity index (χ1) is 18.3. The number of Topliss-reactive ketones (excluding diaryl/α,β-unsaturated/α-hetero) is 2. The number of amides is 2. The standard InChI is InChI=1S/C29H20INO7/c1-2-37-28(36)16-9-13-18(14-10-16)31-26(34)21-22(27(31)35)29(38-23(21)15-7-11-17(30)12-8-15)24(32)19-5-3-4-6-20(19)25(29)33/h3-14,21-23H,2H2,1H3/t21-,22+,23+/m0/s1. The molecule has 6 rings (SSSR count). The molecule has 3 aromatic rings. The van der Waals surface area contributed by atoms with Crippen molar-refractivity contribution >= 4 is 57.6 Å². The third-order valence-electron chi connectivity index (χ3n) is 7.35. The van der Waals surface area contributed by atoms with Crippen LogP contribution in [0.5, 0.6) is 0 Å². The van der Waals surface area contributed by atoms with Crippen LogP contribution in [-0.4, -0.2) is 41.6 Å². The average molecular weight is 621 g/mol. The molecule has 0 bridgehead atoms. The summed E-state index contributed by atoms with van der Waals surface area (Å²) >= 11 is 2.15. The van der Waals surface area contributed by atoms with E-state index < -0.39 is 52.9 Å². The van der Waals surface area contributed by atoms with E-state index in [1.165, 1.54) is 36.4 Å². The van der Waals surface area contributed by atoms with Crippen molar-refractivity contribution in [3.05, 3.63) is 98.6 Å². The van der Waals surface area contributed by atoms with Crippen molar-refractivity contribution in [1.82, 2.24) is 0 Å². The zero-order chi connectivity index (χ0) is 26.8. The van der Waals surface area contributed by atoms with E-state index in [9.17, 15) is 24.0 Å². The van der Waals surface area contributed by atoms with Crippen LogP contribution in [0, 0.1) is 15.4 Å². The van der Waals surface area contributed by atoms with Crippen LogP contribution in [-0.2, 0) is 19.1 Å². The van der Waals surface area contributed by atoms with Gasteiger partial charge < -0.3 is 9.47 Å². The molecule has 3 aliphatic rings. The fourth-order valence-electron chi connectivity index (χ4n) is 5.69. The number of anilines is 1. The summed E-state index contributed by atoms with van der Waals surface area (Å²) in [5, 5.41) is 0. The zero-order valence-electron chi connectivity index (χ0n) is 20.1. The van der Waals surface area contributed by atoms with Gasteiger partial charge in [-0.15, -0.1) is 0 Å². The minimum Gasteiger partial charge on any atom is -0.462 e. The minimum absolute atomic E-state index is 0.178. The molecule has 2 fully saturated rings. The van der Waals surface area contributed by atoms with E-state index in [4.69, 9.17) is 9.47 Å². The van der Waals surface area contributed by atoms with Crippen molar-refractivity contribution in [3.8, 4) is 0 Å². The monoisotopic (exact) mass is 621 g/mol. The molecule has 2 aliphatic heterocycles. The van der Waals surface area contributed by atoms with E-state index in [2.05, 4.69) is 22.6 Å². The largest absolute Gasteiger partial charge is 0.462 e. The van der Waals surface area contributed by atoms with Crippen LogP contribution in [0.4, 0.5) is 5.69 Å². The molecule has 0 aromatic heterocycles. The Bertz CT molecular complexity index is 1490. The van der Waals surface area contributed by atoms with E-state index in [1.54, 1.807) is 31.2 Å². The Morgan fingerprint density at radius 3 is 2.08 bits per heavy atom. The number of carbonyl (C=O) groups is 5. The predicted octanol–water partition coefficient (Wildman–Crippen LogP) is 4.16. The fourth-order valence-corrected chi connectivity index (χ4v) is 6.05. The Balaban J connectivity index is 1.46. The maximum absolute atomic E-state index is 14.0. The summed E-state index contributed by atoms with van der Waals surface area (Å²) in [6, 6.07) is 19.5. The summed E-state index contributed by atoms with van der Waals surface area (Å²) in [6.45, 7) is 1.90. The Morgan fingerprint density at radius 2 is 1.50 bits per heavy atom. The van der Waals surface area contributed by atoms with Crippen LogP contribution in [0.3, 0.4) is 0 Å². The average Bonchev–Trinajstić information content (AvgIpc) is 3.49. The number of imide groups is 1. The van der Waals surface area contributed by atoms with Crippen molar-refractivity contribution in [2.45, 2.75) is 18.6 Å². The number of esters is 1. The number of ketones is 2. The maximum atomic E-state index is 14.0. The molecule has 3 aromatic carbocycles. The van der Waals surface area contributed by atoms with Crippen LogP contribution < -0.4 is 4.90 Å². The summed E-state index contributed by atoms with van der Waals surface area (Å²) in [6.07, 6.45) is -0.987. The molecule has 8 nitrogen and oxygen atoms in total. The molecule has 1 aliphatic carbocycles. The molecule has 1 spiro atoms. The summed E-state index contributed by atoms with van der Waals surface area (Å²) < 4.78 is 12.2. The number of hydrogen-bond acceptors (Lipinski definition) is 7. The molecule has 9 heteroatoms. The highest BCUT2D eigenvalue weighted by Crippen LogP contribution is 2.57. The molecular formula is C29H20INO7. The number of hydrogen-bond donors (Lipinski definition) is 0. The van der Waals surface area contributed by atoms with E-state index in [1.807, 2.05) is 12.1 Å². The molecular weight excluding hydrogens is 601 g/mol. The normalized spacial score (nSPS) is 23.2. The van der Waals surface area contributed by atoms with Crippen LogP contribution in [0.2, 0.25) is 0 Å². The van der Waals surface area contributed by atoms with E-state index in [-0.39, 0.29) is 29.0 Å². The van der Waals surface area contributed by atoms with Gasteiger partial charge in [-0.05, 0) is 71.5 Å². The lowest BCUT2D eigenvalue weighted by molar-refractivity contribution is -0.127. The fraction of sp³-hybridized carbons (Fsp3) is 0.207. The number of benzene rings is 3. The molecule has 0 N–H and O–H groups in total. The smallest absolute Gasteiger partial charge is 0.338 e. The topological polar surface area (TPSA) is 107 Å². The van der Waals surface area contributed by atoms with Crippen LogP contribution in [0.15, 0.2) is 72.8 Å². The van der Waals surface area contributed by atoms with Gasteiger partial charge in [0.05, 0.1) is 35.8 Å².